The van der Waals surface area contributed by atoms with Crippen molar-refractivity contribution in [1.29, 1.82) is 0 Å². The maximum absolute atomic E-state index is 5.38. The number of rotatable bonds is 11. The fraction of sp³-hybridized carbons (Fsp3) is 0.455. The van der Waals surface area contributed by atoms with Gasteiger partial charge in [0.05, 0.1) is 0 Å². The summed E-state index contributed by atoms with van der Waals surface area (Å²) in [6, 6.07) is 16.8. The summed E-state index contributed by atoms with van der Waals surface area (Å²) in [6.07, 6.45) is 4.63. The number of aromatic amines is 1. The molecule has 0 amide bonds. The van der Waals surface area contributed by atoms with Crippen LogP contribution in [0.3, 0.4) is 0 Å². The molecule has 0 aliphatic heterocycles. The van der Waals surface area contributed by atoms with Crippen molar-refractivity contribution >= 4 is 21.8 Å². The molecule has 0 saturated carbocycles. The van der Waals surface area contributed by atoms with Crippen molar-refractivity contribution < 1.29 is 0 Å². The normalized spacial score (nSPS) is 10.9. The SMILES string of the molecule is NCCCNCCCCNCCCN.c1ccc2c(c1)[nH]c1ccccc12. The van der Waals surface area contributed by atoms with E-state index in [1.165, 1.54) is 34.6 Å². The second kappa shape index (κ2) is 13.3. The first-order valence-electron chi connectivity index (χ1n) is 10.1. The van der Waals surface area contributed by atoms with Crippen molar-refractivity contribution in [3.05, 3.63) is 48.5 Å². The highest BCUT2D eigenvalue weighted by Crippen LogP contribution is 2.24. The van der Waals surface area contributed by atoms with E-state index in [0.717, 1.165) is 52.1 Å². The van der Waals surface area contributed by atoms with Gasteiger partial charge in [-0.15, -0.1) is 0 Å². The average Bonchev–Trinajstić information content (AvgIpc) is 3.09. The standard InChI is InChI=1S/C12H9N.C10H26N4/c1-3-7-11-9(5-1)10-6-2-4-8-12(10)13-11;11-5-3-9-13-7-1-2-8-14-10-4-6-12/h1-8,13H;13-14H,1-12H2. The average molecular weight is 370 g/mol. The molecule has 0 aliphatic carbocycles. The number of benzene rings is 2. The highest BCUT2D eigenvalue weighted by molar-refractivity contribution is 6.06. The summed E-state index contributed by atoms with van der Waals surface area (Å²) in [6.45, 7) is 5.90. The Morgan fingerprint density at radius 1 is 0.593 bits per heavy atom. The molecule has 5 nitrogen and oxygen atoms in total. The first-order chi connectivity index (χ1) is 13.4. The van der Waals surface area contributed by atoms with Gasteiger partial charge >= 0.3 is 0 Å². The topological polar surface area (TPSA) is 91.9 Å². The van der Waals surface area contributed by atoms with Crippen LogP contribution >= 0.6 is 0 Å². The smallest absolute Gasteiger partial charge is 0.0464 e. The second-order valence-electron chi connectivity index (χ2n) is 6.71. The van der Waals surface area contributed by atoms with Crippen LogP contribution in [0, 0.1) is 0 Å². The summed E-state index contributed by atoms with van der Waals surface area (Å²) in [5, 5.41) is 9.33. The van der Waals surface area contributed by atoms with E-state index in [9.17, 15) is 0 Å². The molecule has 3 aromatic rings. The molecular weight excluding hydrogens is 334 g/mol. The van der Waals surface area contributed by atoms with Crippen LogP contribution in [0.2, 0.25) is 0 Å². The summed E-state index contributed by atoms with van der Waals surface area (Å²) < 4.78 is 0. The number of nitrogens with two attached hydrogens (primary N) is 2. The minimum absolute atomic E-state index is 0.785. The zero-order chi connectivity index (χ0) is 19.2. The predicted octanol–water partition coefficient (Wildman–Crippen LogP) is 2.96. The van der Waals surface area contributed by atoms with Gasteiger partial charge in [-0.2, -0.15) is 0 Å². The Labute approximate surface area is 162 Å². The molecule has 0 aliphatic rings. The van der Waals surface area contributed by atoms with Crippen molar-refractivity contribution in [3.63, 3.8) is 0 Å². The molecular formula is C22H35N5. The van der Waals surface area contributed by atoms with Gasteiger partial charge in [-0.1, -0.05) is 36.4 Å². The van der Waals surface area contributed by atoms with E-state index in [4.69, 9.17) is 11.5 Å². The Bertz CT molecular complexity index is 690. The van der Waals surface area contributed by atoms with E-state index in [-0.39, 0.29) is 0 Å². The first kappa shape index (κ1) is 21.4. The van der Waals surface area contributed by atoms with Crippen LogP contribution in [-0.4, -0.2) is 44.3 Å². The van der Waals surface area contributed by atoms with E-state index >= 15 is 0 Å². The van der Waals surface area contributed by atoms with Gasteiger partial charge in [0.15, 0.2) is 0 Å². The number of fused-ring (bicyclic) bond motifs is 3. The van der Waals surface area contributed by atoms with E-state index in [2.05, 4.69) is 64.1 Å². The molecule has 7 N–H and O–H groups in total. The summed E-state index contributed by atoms with van der Waals surface area (Å²) in [4.78, 5) is 3.38. The van der Waals surface area contributed by atoms with Crippen LogP contribution < -0.4 is 22.1 Å². The van der Waals surface area contributed by atoms with Gasteiger partial charge in [-0.05, 0) is 77.1 Å². The molecule has 148 valence electrons. The summed E-state index contributed by atoms with van der Waals surface area (Å²) in [5.74, 6) is 0. The lowest BCUT2D eigenvalue weighted by atomic mass is 10.2. The molecule has 0 bridgehead atoms. The van der Waals surface area contributed by atoms with Gasteiger partial charge in [-0.25, -0.2) is 0 Å². The van der Waals surface area contributed by atoms with Crippen molar-refractivity contribution in [3.8, 4) is 0 Å². The van der Waals surface area contributed by atoms with E-state index < -0.39 is 0 Å². The second-order valence-corrected chi connectivity index (χ2v) is 6.71. The number of H-pyrrole nitrogens is 1. The first-order valence-corrected chi connectivity index (χ1v) is 10.1. The predicted molar refractivity (Wildman–Crippen MR) is 118 cm³/mol. The largest absolute Gasteiger partial charge is 0.355 e. The molecule has 27 heavy (non-hydrogen) atoms. The molecule has 0 unspecified atom stereocenters. The van der Waals surface area contributed by atoms with Crippen LogP contribution in [-0.2, 0) is 0 Å². The Morgan fingerprint density at radius 3 is 1.44 bits per heavy atom. The molecule has 2 aromatic carbocycles. The lowest BCUT2D eigenvalue weighted by Gasteiger charge is -2.04. The third kappa shape index (κ3) is 7.69. The molecule has 0 spiro atoms. The quantitative estimate of drug-likeness (QED) is 0.336. The van der Waals surface area contributed by atoms with Crippen molar-refractivity contribution in [1.82, 2.24) is 15.6 Å². The minimum Gasteiger partial charge on any atom is -0.355 e. The number of unbranched alkanes of at least 4 members (excludes halogenated alkanes) is 1. The fourth-order valence-corrected chi connectivity index (χ4v) is 3.00. The van der Waals surface area contributed by atoms with Gasteiger partial charge in [0.1, 0.15) is 0 Å². The number of para-hydroxylation sites is 2. The van der Waals surface area contributed by atoms with Gasteiger partial charge < -0.3 is 27.1 Å². The van der Waals surface area contributed by atoms with Crippen LogP contribution in [0.1, 0.15) is 25.7 Å². The number of hydrogen-bond donors (Lipinski definition) is 5. The van der Waals surface area contributed by atoms with Crippen molar-refractivity contribution in [2.24, 2.45) is 11.5 Å². The van der Waals surface area contributed by atoms with E-state index in [1.54, 1.807) is 0 Å². The maximum atomic E-state index is 5.38. The maximum Gasteiger partial charge on any atom is 0.0464 e. The minimum atomic E-state index is 0.785. The lowest BCUT2D eigenvalue weighted by Crippen LogP contribution is -2.22. The zero-order valence-corrected chi connectivity index (χ0v) is 16.3. The Kier molecular flexibility index (Phi) is 10.5. The summed E-state index contributed by atoms with van der Waals surface area (Å²) in [5.41, 5.74) is 13.2. The van der Waals surface area contributed by atoms with E-state index in [0.29, 0.717) is 0 Å². The fourth-order valence-electron chi connectivity index (χ4n) is 3.00. The third-order valence-electron chi connectivity index (χ3n) is 4.49. The molecule has 0 atom stereocenters. The number of nitrogens with one attached hydrogen (secondary N) is 3. The van der Waals surface area contributed by atoms with Crippen LogP contribution in [0.15, 0.2) is 48.5 Å². The van der Waals surface area contributed by atoms with Gasteiger partial charge in [0.2, 0.25) is 0 Å². The Morgan fingerprint density at radius 2 is 1.00 bits per heavy atom. The van der Waals surface area contributed by atoms with E-state index in [1.807, 2.05) is 0 Å². The molecule has 5 heteroatoms. The molecule has 0 fully saturated rings. The summed E-state index contributed by atoms with van der Waals surface area (Å²) in [7, 11) is 0. The molecule has 0 radical (unpaired) electrons. The molecule has 3 rings (SSSR count). The van der Waals surface area contributed by atoms with Gasteiger partial charge in [0, 0.05) is 21.8 Å². The van der Waals surface area contributed by atoms with Crippen molar-refractivity contribution in [2.45, 2.75) is 25.7 Å². The third-order valence-corrected chi connectivity index (χ3v) is 4.49. The molecule has 1 heterocycles. The number of hydrogen-bond acceptors (Lipinski definition) is 4. The lowest BCUT2D eigenvalue weighted by molar-refractivity contribution is 0.570. The Hall–Kier alpha value is -1.92. The summed E-state index contributed by atoms with van der Waals surface area (Å²) >= 11 is 0. The monoisotopic (exact) mass is 369 g/mol. The highest BCUT2D eigenvalue weighted by Gasteiger charge is 2.00. The molecule has 1 aromatic heterocycles. The number of aromatic nitrogens is 1. The van der Waals surface area contributed by atoms with Gasteiger partial charge in [0.25, 0.3) is 0 Å². The van der Waals surface area contributed by atoms with Crippen LogP contribution in [0.25, 0.3) is 21.8 Å². The highest BCUT2D eigenvalue weighted by atomic mass is 14.9. The molecule has 0 saturated heterocycles. The van der Waals surface area contributed by atoms with Gasteiger partial charge in [-0.3, -0.25) is 0 Å². The van der Waals surface area contributed by atoms with Crippen molar-refractivity contribution in [2.75, 3.05) is 39.3 Å². The van der Waals surface area contributed by atoms with Crippen LogP contribution in [0.5, 0.6) is 0 Å². The zero-order valence-electron chi connectivity index (χ0n) is 16.3. The van der Waals surface area contributed by atoms with Crippen LogP contribution in [0.4, 0.5) is 0 Å². The Balaban J connectivity index is 0.000000193.